The number of carbonyl (C=O) groups excluding carboxylic acids is 3. The molecule has 2 aromatic carbocycles. The third-order valence-electron chi connectivity index (χ3n) is 8.16. The normalized spacial score (nSPS) is 24.9. The van der Waals surface area contributed by atoms with Crippen molar-refractivity contribution >= 4 is 23.7 Å². The zero-order valence-corrected chi connectivity index (χ0v) is 24.2. The molecular formula is C31H38N4O8. The molecule has 2 fully saturated rings. The minimum Gasteiger partial charge on any atom is -0.493 e. The van der Waals surface area contributed by atoms with Crippen LogP contribution >= 0.6 is 0 Å². The summed E-state index contributed by atoms with van der Waals surface area (Å²) in [7, 11) is 1.46. The summed E-state index contributed by atoms with van der Waals surface area (Å²) >= 11 is 0. The van der Waals surface area contributed by atoms with Crippen molar-refractivity contribution < 1.29 is 38.5 Å². The van der Waals surface area contributed by atoms with E-state index in [-0.39, 0.29) is 55.1 Å². The number of para-hydroxylation sites is 1. The van der Waals surface area contributed by atoms with Gasteiger partial charge in [-0.05, 0) is 42.7 Å². The number of nitrogens with one attached hydrogen (secondary N) is 2. The highest BCUT2D eigenvalue weighted by atomic mass is 16.5. The molecule has 3 aliphatic rings. The van der Waals surface area contributed by atoms with Gasteiger partial charge in [-0.3, -0.25) is 19.3 Å². The molecule has 4 atom stereocenters. The number of nitrogens with zero attached hydrogens (tertiary/aromatic N) is 2. The number of carbonyl (C=O) groups is 4. The van der Waals surface area contributed by atoms with E-state index in [0.717, 1.165) is 5.56 Å². The molecule has 3 aliphatic heterocycles. The lowest BCUT2D eigenvalue weighted by molar-refractivity contribution is -0.132. The van der Waals surface area contributed by atoms with E-state index in [1.54, 1.807) is 47.4 Å². The molecule has 12 heteroatoms. The molecule has 3 amide bonds. The number of hydrogen-bond donors (Lipinski definition) is 3. The molecule has 3 heterocycles. The number of ether oxygens (including phenoxy) is 3. The molecule has 2 saturated heterocycles. The minimum absolute atomic E-state index is 0.0692. The average molecular weight is 595 g/mol. The van der Waals surface area contributed by atoms with Crippen LogP contribution in [-0.4, -0.2) is 109 Å². The fourth-order valence-corrected chi connectivity index (χ4v) is 5.91. The second kappa shape index (κ2) is 14.0. The van der Waals surface area contributed by atoms with E-state index in [0.29, 0.717) is 56.8 Å². The molecule has 0 spiro atoms. The number of methoxy groups -OCH3 is 1. The number of amides is 3. The quantitative estimate of drug-likeness (QED) is 0.450. The highest BCUT2D eigenvalue weighted by Gasteiger charge is 2.38. The number of carboxylic acid groups (broad SMARTS) is 1. The van der Waals surface area contributed by atoms with Gasteiger partial charge in [0.2, 0.25) is 11.8 Å². The SMILES string of the molecule is COCC(=O)N[C@@H]1CC[C@H]2CCOc3ccccc3C(=O)N3CCN(Cc4ccc(C(=O)O)cc4)C[C@H]3C(=O)NC[C@H]1O2. The molecule has 2 aromatic rings. The molecule has 3 N–H and O–H groups in total. The van der Waals surface area contributed by atoms with Gasteiger partial charge in [-0.2, -0.15) is 0 Å². The fraction of sp³-hybridized carbons (Fsp3) is 0.484. The first-order valence-corrected chi connectivity index (χ1v) is 14.6. The highest BCUT2D eigenvalue weighted by molar-refractivity contribution is 6.00. The van der Waals surface area contributed by atoms with Crippen molar-refractivity contribution in [1.82, 2.24) is 20.4 Å². The van der Waals surface area contributed by atoms with Crippen LogP contribution in [0.15, 0.2) is 48.5 Å². The molecule has 12 nitrogen and oxygen atoms in total. The average Bonchev–Trinajstić information content (AvgIpc) is 3.00. The van der Waals surface area contributed by atoms with Gasteiger partial charge in [0, 0.05) is 46.3 Å². The smallest absolute Gasteiger partial charge is 0.335 e. The van der Waals surface area contributed by atoms with Crippen LogP contribution in [0.2, 0.25) is 0 Å². The van der Waals surface area contributed by atoms with E-state index < -0.39 is 18.1 Å². The van der Waals surface area contributed by atoms with Gasteiger partial charge in [-0.1, -0.05) is 24.3 Å². The van der Waals surface area contributed by atoms with Crippen LogP contribution in [0.4, 0.5) is 0 Å². The van der Waals surface area contributed by atoms with Gasteiger partial charge in [0.15, 0.2) is 0 Å². The first kappa shape index (κ1) is 30.5. The van der Waals surface area contributed by atoms with E-state index in [4.69, 9.17) is 14.2 Å². The predicted octanol–water partition coefficient (Wildman–Crippen LogP) is 1.29. The monoisotopic (exact) mass is 594 g/mol. The van der Waals surface area contributed by atoms with Gasteiger partial charge in [0.25, 0.3) is 5.91 Å². The lowest BCUT2D eigenvalue weighted by Gasteiger charge is -2.42. The number of benzene rings is 2. The third kappa shape index (κ3) is 7.51. The maximum Gasteiger partial charge on any atom is 0.335 e. The number of hydrogen-bond acceptors (Lipinski definition) is 8. The van der Waals surface area contributed by atoms with Crippen molar-refractivity contribution in [2.24, 2.45) is 0 Å². The molecule has 0 aromatic heterocycles. The maximum absolute atomic E-state index is 13.9. The molecule has 230 valence electrons. The van der Waals surface area contributed by atoms with E-state index in [2.05, 4.69) is 15.5 Å². The van der Waals surface area contributed by atoms with Crippen molar-refractivity contribution in [3.63, 3.8) is 0 Å². The topological polar surface area (TPSA) is 147 Å². The summed E-state index contributed by atoms with van der Waals surface area (Å²) < 4.78 is 17.4. The van der Waals surface area contributed by atoms with E-state index in [1.165, 1.54) is 7.11 Å². The second-order valence-electron chi connectivity index (χ2n) is 11.1. The predicted molar refractivity (Wildman–Crippen MR) is 155 cm³/mol. The van der Waals surface area contributed by atoms with Crippen LogP contribution in [-0.2, 0) is 25.6 Å². The molecule has 0 saturated carbocycles. The van der Waals surface area contributed by atoms with Crippen LogP contribution < -0.4 is 15.4 Å². The molecule has 43 heavy (non-hydrogen) atoms. The number of carboxylic acids is 1. The van der Waals surface area contributed by atoms with Crippen LogP contribution in [0.5, 0.6) is 5.75 Å². The van der Waals surface area contributed by atoms with E-state index >= 15 is 0 Å². The summed E-state index contributed by atoms with van der Waals surface area (Å²) in [6.45, 7) is 2.07. The molecule has 0 unspecified atom stereocenters. The Balaban J connectivity index is 1.38. The first-order valence-electron chi connectivity index (χ1n) is 14.6. The molecule has 0 radical (unpaired) electrons. The summed E-state index contributed by atoms with van der Waals surface area (Å²) in [6, 6.07) is 12.6. The van der Waals surface area contributed by atoms with Gasteiger partial charge >= 0.3 is 5.97 Å². The number of fused-ring (bicyclic) bond motifs is 4. The van der Waals surface area contributed by atoms with Crippen molar-refractivity contribution in [2.75, 3.05) is 46.5 Å². The van der Waals surface area contributed by atoms with Gasteiger partial charge in [-0.25, -0.2) is 4.79 Å². The summed E-state index contributed by atoms with van der Waals surface area (Å²) in [5.74, 6) is -1.38. The van der Waals surface area contributed by atoms with Crippen LogP contribution in [0, 0.1) is 0 Å². The molecule has 2 bridgehead atoms. The van der Waals surface area contributed by atoms with Gasteiger partial charge < -0.3 is 34.9 Å². The Morgan fingerprint density at radius 2 is 1.86 bits per heavy atom. The maximum atomic E-state index is 13.9. The zero-order valence-electron chi connectivity index (χ0n) is 24.2. The summed E-state index contributed by atoms with van der Waals surface area (Å²) in [6.07, 6.45) is 1.40. The molecular weight excluding hydrogens is 556 g/mol. The van der Waals surface area contributed by atoms with Crippen LogP contribution in [0.25, 0.3) is 0 Å². The van der Waals surface area contributed by atoms with Crippen LogP contribution in [0.3, 0.4) is 0 Å². The zero-order chi connectivity index (χ0) is 30.3. The van der Waals surface area contributed by atoms with Crippen molar-refractivity contribution in [2.45, 2.75) is 50.1 Å². The Morgan fingerprint density at radius 3 is 2.63 bits per heavy atom. The summed E-state index contributed by atoms with van der Waals surface area (Å²) in [4.78, 5) is 54.9. The van der Waals surface area contributed by atoms with Crippen molar-refractivity contribution in [3.05, 3.63) is 65.2 Å². The van der Waals surface area contributed by atoms with Gasteiger partial charge in [0.05, 0.1) is 36.0 Å². The molecule has 5 rings (SSSR count). The van der Waals surface area contributed by atoms with Crippen molar-refractivity contribution in [3.8, 4) is 5.75 Å². The Labute approximate surface area is 250 Å². The Hall–Kier alpha value is -4.00. The largest absolute Gasteiger partial charge is 0.493 e. The lowest BCUT2D eigenvalue weighted by atomic mass is 9.96. The fourth-order valence-electron chi connectivity index (χ4n) is 5.91. The lowest BCUT2D eigenvalue weighted by Crippen LogP contribution is -2.62. The minimum atomic E-state index is -0.992. The van der Waals surface area contributed by atoms with Crippen molar-refractivity contribution in [1.29, 1.82) is 0 Å². The first-order chi connectivity index (χ1) is 20.8. The van der Waals surface area contributed by atoms with E-state index in [9.17, 15) is 24.3 Å². The Bertz CT molecular complexity index is 1320. The second-order valence-corrected chi connectivity index (χ2v) is 11.1. The number of aromatic carboxylic acids is 1. The third-order valence-corrected chi connectivity index (χ3v) is 8.16. The number of piperazine rings is 1. The van der Waals surface area contributed by atoms with Gasteiger partial charge in [0.1, 0.15) is 18.4 Å². The van der Waals surface area contributed by atoms with E-state index in [1.807, 2.05) is 6.07 Å². The number of rotatable bonds is 6. The Kier molecular flexibility index (Phi) is 9.90. The summed E-state index contributed by atoms with van der Waals surface area (Å²) in [5.41, 5.74) is 1.51. The Morgan fingerprint density at radius 1 is 1.07 bits per heavy atom. The molecule has 0 aliphatic carbocycles. The highest BCUT2D eigenvalue weighted by Crippen LogP contribution is 2.26. The van der Waals surface area contributed by atoms with Crippen LogP contribution in [0.1, 0.15) is 45.5 Å². The summed E-state index contributed by atoms with van der Waals surface area (Å²) in [5, 5.41) is 15.2. The standard InChI is InChI=1S/C31H38N4O8/c1-41-19-28(36)33-24-11-10-22-12-15-42-26-5-3-2-4-23(26)30(38)35-14-13-34(17-20-6-8-21(9-7-20)31(39)40)18-25(35)29(37)32-16-27(24)43-22/h2-9,22,24-25,27H,10-19H2,1H3,(H,32,37)(H,33,36)(H,39,40)/t22-,24+,25-,27+/m0/s1. The van der Waals surface area contributed by atoms with Gasteiger partial charge in [-0.15, -0.1) is 0 Å².